The molecule has 0 fully saturated rings. The van der Waals surface area contributed by atoms with Crippen molar-refractivity contribution in [3.8, 4) is 11.1 Å². The third-order valence-corrected chi connectivity index (χ3v) is 4.76. The first-order valence-corrected chi connectivity index (χ1v) is 10.7. The molecule has 0 radical (unpaired) electrons. The monoisotopic (exact) mass is 445 g/mol. The van der Waals surface area contributed by atoms with E-state index in [0.717, 1.165) is 11.1 Å². The van der Waals surface area contributed by atoms with Gasteiger partial charge in [-0.05, 0) is 63.3 Å². The van der Waals surface area contributed by atoms with Crippen molar-refractivity contribution in [3.63, 3.8) is 0 Å². The molecule has 2 aromatic rings. The lowest BCUT2D eigenvalue weighted by atomic mass is 9.94. The molecule has 0 saturated heterocycles. The zero-order chi connectivity index (χ0) is 23.7. The van der Waals surface area contributed by atoms with Crippen LogP contribution in [0.4, 0.5) is 9.18 Å². The topological polar surface area (TPSA) is 84.9 Å². The van der Waals surface area contributed by atoms with Crippen LogP contribution in [0.15, 0.2) is 48.5 Å². The van der Waals surface area contributed by atoms with Crippen LogP contribution in [-0.2, 0) is 20.7 Å². The van der Waals surface area contributed by atoms with Crippen LogP contribution in [0.5, 0.6) is 0 Å². The quantitative estimate of drug-likeness (QED) is 0.556. The number of alkyl carbamates (subject to hydrolysis) is 1. The SMILES string of the molecule is CCOC(=O)[C@@H](CO)C[C@@H](Cc1ccc(-c2ccccc2)cc1F)NC(=O)OC(C)(C)C. The summed E-state index contributed by atoms with van der Waals surface area (Å²) >= 11 is 0. The molecular weight excluding hydrogens is 413 g/mol. The summed E-state index contributed by atoms with van der Waals surface area (Å²) in [5, 5.41) is 12.4. The fourth-order valence-electron chi connectivity index (χ4n) is 3.30. The molecule has 2 N–H and O–H groups in total. The van der Waals surface area contributed by atoms with E-state index in [1.165, 1.54) is 6.07 Å². The van der Waals surface area contributed by atoms with E-state index in [4.69, 9.17) is 9.47 Å². The predicted molar refractivity (Wildman–Crippen MR) is 121 cm³/mol. The molecule has 174 valence electrons. The average molecular weight is 446 g/mol. The second-order valence-electron chi connectivity index (χ2n) is 8.59. The zero-order valence-electron chi connectivity index (χ0n) is 19.1. The Bertz CT molecular complexity index is 895. The van der Waals surface area contributed by atoms with Gasteiger partial charge in [0, 0.05) is 6.04 Å². The molecule has 0 aliphatic heterocycles. The van der Waals surface area contributed by atoms with Crippen molar-refractivity contribution in [2.24, 2.45) is 5.92 Å². The molecule has 2 rings (SSSR count). The van der Waals surface area contributed by atoms with E-state index in [-0.39, 0.29) is 19.4 Å². The number of rotatable bonds is 9. The zero-order valence-corrected chi connectivity index (χ0v) is 19.1. The Hall–Kier alpha value is -2.93. The smallest absolute Gasteiger partial charge is 0.407 e. The third kappa shape index (κ3) is 7.96. The standard InChI is InChI=1S/C25H32FNO5/c1-5-31-23(29)20(16-28)14-21(27-24(30)32-25(2,3)4)13-19-12-11-18(15-22(19)26)17-9-7-6-8-10-17/h6-12,15,20-21,28H,5,13-14,16H2,1-4H3,(H,27,30)/t20-,21-/m1/s1. The molecular formula is C25H32FNO5. The molecule has 2 aromatic carbocycles. The Morgan fingerprint density at radius 1 is 1.09 bits per heavy atom. The second-order valence-corrected chi connectivity index (χ2v) is 8.59. The lowest BCUT2D eigenvalue weighted by molar-refractivity contribution is -0.149. The van der Waals surface area contributed by atoms with E-state index in [2.05, 4.69) is 5.32 Å². The number of amides is 1. The highest BCUT2D eigenvalue weighted by atomic mass is 19.1. The van der Waals surface area contributed by atoms with E-state index < -0.39 is 42.0 Å². The van der Waals surface area contributed by atoms with Gasteiger partial charge in [-0.3, -0.25) is 4.79 Å². The maximum absolute atomic E-state index is 14.9. The third-order valence-electron chi connectivity index (χ3n) is 4.76. The fourth-order valence-corrected chi connectivity index (χ4v) is 3.30. The van der Waals surface area contributed by atoms with E-state index in [1.54, 1.807) is 33.8 Å². The molecule has 0 unspecified atom stereocenters. The van der Waals surface area contributed by atoms with E-state index in [0.29, 0.717) is 5.56 Å². The van der Waals surface area contributed by atoms with Crippen LogP contribution >= 0.6 is 0 Å². The van der Waals surface area contributed by atoms with Crippen LogP contribution in [-0.4, -0.2) is 42.0 Å². The van der Waals surface area contributed by atoms with Crippen molar-refractivity contribution in [2.75, 3.05) is 13.2 Å². The van der Waals surface area contributed by atoms with Crippen molar-refractivity contribution in [2.45, 2.75) is 52.2 Å². The summed E-state index contributed by atoms with van der Waals surface area (Å²) in [4.78, 5) is 24.5. The molecule has 7 heteroatoms. The molecule has 6 nitrogen and oxygen atoms in total. The maximum atomic E-state index is 14.9. The number of esters is 1. The summed E-state index contributed by atoms with van der Waals surface area (Å²) in [6.07, 6.45) is -0.478. The first-order valence-electron chi connectivity index (χ1n) is 10.7. The van der Waals surface area contributed by atoms with Crippen molar-refractivity contribution >= 4 is 12.1 Å². The minimum atomic E-state index is -0.846. The normalized spacial score (nSPS) is 13.2. The van der Waals surface area contributed by atoms with Crippen molar-refractivity contribution in [1.29, 1.82) is 0 Å². The first kappa shape index (κ1) is 25.3. The minimum absolute atomic E-state index is 0.0778. The number of hydrogen-bond donors (Lipinski definition) is 2. The number of aliphatic hydroxyl groups excluding tert-OH is 1. The molecule has 2 atom stereocenters. The van der Waals surface area contributed by atoms with Gasteiger partial charge in [-0.15, -0.1) is 0 Å². The van der Waals surface area contributed by atoms with Crippen LogP contribution in [0.1, 0.15) is 39.7 Å². The number of hydrogen-bond acceptors (Lipinski definition) is 5. The molecule has 1 amide bonds. The van der Waals surface area contributed by atoms with Gasteiger partial charge in [-0.1, -0.05) is 42.5 Å². The van der Waals surface area contributed by atoms with Gasteiger partial charge in [-0.25, -0.2) is 9.18 Å². The average Bonchev–Trinajstić information content (AvgIpc) is 2.72. The Morgan fingerprint density at radius 2 is 1.78 bits per heavy atom. The Labute approximate surface area is 188 Å². The highest BCUT2D eigenvalue weighted by Crippen LogP contribution is 2.23. The molecule has 0 aliphatic carbocycles. The van der Waals surface area contributed by atoms with Gasteiger partial charge in [0.15, 0.2) is 0 Å². The minimum Gasteiger partial charge on any atom is -0.466 e. The number of halogens is 1. The molecule has 0 spiro atoms. The summed E-state index contributed by atoms with van der Waals surface area (Å²) in [7, 11) is 0. The Morgan fingerprint density at radius 3 is 2.34 bits per heavy atom. The first-order chi connectivity index (χ1) is 15.1. The summed E-state index contributed by atoms with van der Waals surface area (Å²) in [6, 6.07) is 13.7. The number of ether oxygens (including phenoxy) is 2. The largest absolute Gasteiger partial charge is 0.466 e. The number of carbonyl (C=O) groups excluding carboxylic acids is 2. The molecule has 0 aliphatic rings. The molecule has 32 heavy (non-hydrogen) atoms. The van der Waals surface area contributed by atoms with Gasteiger partial charge >= 0.3 is 12.1 Å². The van der Waals surface area contributed by atoms with Crippen molar-refractivity contribution in [1.82, 2.24) is 5.32 Å². The Balaban J connectivity index is 2.22. The summed E-state index contributed by atoms with van der Waals surface area (Å²) in [5.41, 5.74) is 1.30. The highest BCUT2D eigenvalue weighted by Gasteiger charge is 2.27. The van der Waals surface area contributed by atoms with Crippen LogP contribution in [0, 0.1) is 11.7 Å². The van der Waals surface area contributed by atoms with Crippen LogP contribution in [0.25, 0.3) is 11.1 Å². The van der Waals surface area contributed by atoms with Gasteiger partial charge in [0.2, 0.25) is 0 Å². The van der Waals surface area contributed by atoms with Crippen molar-refractivity contribution < 1.29 is 28.6 Å². The van der Waals surface area contributed by atoms with Gasteiger partial charge in [0.25, 0.3) is 0 Å². The Kier molecular flexibility index (Phi) is 9.20. The number of carbonyl (C=O) groups is 2. The van der Waals surface area contributed by atoms with Crippen LogP contribution in [0.2, 0.25) is 0 Å². The fraction of sp³-hybridized carbons (Fsp3) is 0.440. The lowest BCUT2D eigenvalue weighted by Crippen LogP contribution is -2.42. The van der Waals surface area contributed by atoms with E-state index in [9.17, 15) is 19.1 Å². The molecule has 0 bridgehead atoms. The van der Waals surface area contributed by atoms with E-state index in [1.807, 2.05) is 36.4 Å². The van der Waals surface area contributed by atoms with E-state index >= 15 is 0 Å². The molecule has 0 aromatic heterocycles. The van der Waals surface area contributed by atoms with Gasteiger partial charge in [0.1, 0.15) is 11.4 Å². The second kappa shape index (κ2) is 11.6. The number of aliphatic hydroxyl groups is 1. The number of benzene rings is 2. The van der Waals surface area contributed by atoms with Crippen LogP contribution in [0.3, 0.4) is 0 Å². The predicted octanol–water partition coefficient (Wildman–Crippen LogP) is 4.49. The summed E-state index contributed by atoms with van der Waals surface area (Å²) < 4.78 is 25.2. The van der Waals surface area contributed by atoms with Gasteiger partial charge in [0.05, 0.1) is 19.1 Å². The summed E-state index contributed by atoms with van der Waals surface area (Å²) in [5.74, 6) is -1.83. The highest BCUT2D eigenvalue weighted by molar-refractivity contribution is 5.73. The van der Waals surface area contributed by atoms with Gasteiger partial charge < -0.3 is 19.9 Å². The summed E-state index contributed by atoms with van der Waals surface area (Å²) in [6.45, 7) is 6.61. The number of nitrogens with one attached hydrogen (secondary N) is 1. The molecule has 0 heterocycles. The van der Waals surface area contributed by atoms with Crippen molar-refractivity contribution in [3.05, 3.63) is 59.9 Å². The van der Waals surface area contributed by atoms with Crippen LogP contribution < -0.4 is 5.32 Å². The van der Waals surface area contributed by atoms with Gasteiger partial charge in [-0.2, -0.15) is 0 Å². The maximum Gasteiger partial charge on any atom is 0.407 e. The lowest BCUT2D eigenvalue weighted by Gasteiger charge is -2.26. The molecule has 0 saturated carbocycles.